The van der Waals surface area contributed by atoms with Crippen LogP contribution in [-0.4, -0.2) is 34.9 Å². The summed E-state index contributed by atoms with van der Waals surface area (Å²) >= 11 is 0. The van der Waals surface area contributed by atoms with Crippen molar-refractivity contribution in [3.8, 4) is 0 Å². The minimum absolute atomic E-state index is 0.130. The summed E-state index contributed by atoms with van der Waals surface area (Å²) in [6.07, 6.45) is 8.29. The summed E-state index contributed by atoms with van der Waals surface area (Å²) in [5.41, 5.74) is 0. The Hall–Kier alpha value is -0.870. The lowest BCUT2D eigenvalue weighted by molar-refractivity contribution is -0.122. The number of unbranched alkanes of at least 4 members (excludes halogenated alkanes) is 3. The minimum atomic E-state index is -0.822. The Morgan fingerprint density at radius 3 is 2.56 bits per heavy atom. The van der Waals surface area contributed by atoms with Crippen molar-refractivity contribution in [2.45, 2.75) is 64.5 Å². The predicted molar refractivity (Wildman–Crippen MR) is 73.2 cm³/mol. The SMILES string of the molecule is CCCCCC=C[C@@H](O)[C@H](CO)NC(=O)CCC. The number of nitrogens with one attached hydrogen (secondary N) is 1. The number of hydrogen-bond donors (Lipinski definition) is 3. The zero-order valence-electron chi connectivity index (χ0n) is 11.6. The van der Waals surface area contributed by atoms with E-state index in [1.807, 2.05) is 13.0 Å². The van der Waals surface area contributed by atoms with Crippen LogP contribution in [0.5, 0.6) is 0 Å². The fourth-order valence-corrected chi connectivity index (χ4v) is 1.63. The van der Waals surface area contributed by atoms with Gasteiger partial charge in [0.15, 0.2) is 0 Å². The molecule has 4 nitrogen and oxygen atoms in total. The maximum absolute atomic E-state index is 11.4. The van der Waals surface area contributed by atoms with Crippen LogP contribution in [0.4, 0.5) is 0 Å². The number of aliphatic hydroxyl groups excluding tert-OH is 2. The van der Waals surface area contributed by atoms with Crippen molar-refractivity contribution >= 4 is 5.91 Å². The summed E-state index contributed by atoms with van der Waals surface area (Å²) in [5, 5.41) is 21.6. The van der Waals surface area contributed by atoms with Crippen molar-refractivity contribution in [3.05, 3.63) is 12.2 Å². The molecule has 0 aliphatic carbocycles. The summed E-state index contributed by atoms with van der Waals surface area (Å²) in [6, 6.07) is -0.605. The van der Waals surface area contributed by atoms with Crippen molar-refractivity contribution in [3.63, 3.8) is 0 Å². The van der Waals surface area contributed by atoms with Crippen LogP contribution in [-0.2, 0) is 4.79 Å². The number of allylic oxidation sites excluding steroid dienone is 1. The van der Waals surface area contributed by atoms with Crippen LogP contribution in [0.25, 0.3) is 0 Å². The monoisotopic (exact) mass is 257 g/mol. The molecular formula is C14H27NO3. The van der Waals surface area contributed by atoms with Crippen LogP contribution in [0.3, 0.4) is 0 Å². The van der Waals surface area contributed by atoms with Gasteiger partial charge in [-0.05, 0) is 19.3 Å². The molecule has 4 heteroatoms. The van der Waals surface area contributed by atoms with E-state index in [1.54, 1.807) is 6.08 Å². The molecule has 3 N–H and O–H groups in total. The Labute approximate surface area is 110 Å². The third-order valence-corrected chi connectivity index (χ3v) is 2.74. The largest absolute Gasteiger partial charge is 0.394 e. The summed E-state index contributed by atoms with van der Waals surface area (Å²) < 4.78 is 0. The second-order valence-corrected chi connectivity index (χ2v) is 4.52. The maximum Gasteiger partial charge on any atom is 0.220 e. The van der Waals surface area contributed by atoms with E-state index in [0.29, 0.717) is 6.42 Å². The van der Waals surface area contributed by atoms with Gasteiger partial charge in [0, 0.05) is 6.42 Å². The van der Waals surface area contributed by atoms with Crippen LogP contribution in [0.2, 0.25) is 0 Å². The van der Waals surface area contributed by atoms with Gasteiger partial charge in [0.1, 0.15) is 0 Å². The fraction of sp³-hybridized carbons (Fsp3) is 0.786. The lowest BCUT2D eigenvalue weighted by Gasteiger charge is -2.19. The molecule has 0 rings (SSSR count). The van der Waals surface area contributed by atoms with Crippen molar-refractivity contribution < 1.29 is 15.0 Å². The van der Waals surface area contributed by atoms with Crippen molar-refractivity contribution in [1.82, 2.24) is 5.32 Å². The molecule has 0 radical (unpaired) electrons. The number of rotatable bonds is 10. The fourth-order valence-electron chi connectivity index (χ4n) is 1.63. The average Bonchev–Trinajstić information content (AvgIpc) is 2.35. The highest BCUT2D eigenvalue weighted by atomic mass is 16.3. The van der Waals surface area contributed by atoms with Crippen molar-refractivity contribution in [2.75, 3.05) is 6.61 Å². The van der Waals surface area contributed by atoms with Gasteiger partial charge in [-0.2, -0.15) is 0 Å². The van der Waals surface area contributed by atoms with Crippen LogP contribution in [0, 0.1) is 0 Å². The predicted octanol–water partition coefficient (Wildman–Crippen LogP) is 1.76. The van der Waals surface area contributed by atoms with Gasteiger partial charge in [-0.15, -0.1) is 0 Å². The van der Waals surface area contributed by atoms with Crippen LogP contribution >= 0.6 is 0 Å². The van der Waals surface area contributed by atoms with E-state index in [1.165, 1.54) is 12.8 Å². The van der Waals surface area contributed by atoms with E-state index in [-0.39, 0.29) is 12.5 Å². The smallest absolute Gasteiger partial charge is 0.220 e. The molecule has 0 fully saturated rings. The molecule has 106 valence electrons. The molecular weight excluding hydrogens is 230 g/mol. The minimum Gasteiger partial charge on any atom is -0.394 e. The van der Waals surface area contributed by atoms with E-state index in [9.17, 15) is 9.90 Å². The maximum atomic E-state index is 11.4. The lowest BCUT2D eigenvalue weighted by atomic mass is 10.1. The highest BCUT2D eigenvalue weighted by Gasteiger charge is 2.17. The number of hydrogen-bond acceptors (Lipinski definition) is 3. The molecule has 0 spiro atoms. The number of carbonyl (C=O) groups is 1. The summed E-state index contributed by atoms with van der Waals surface area (Å²) in [5.74, 6) is -0.130. The van der Waals surface area contributed by atoms with E-state index < -0.39 is 12.1 Å². The van der Waals surface area contributed by atoms with E-state index in [4.69, 9.17) is 5.11 Å². The third kappa shape index (κ3) is 8.25. The molecule has 0 unspecified atom stereocenters. The Morgan fingerprint density at radius 2 is 2.00 bits per heavy atom. The zero-order valence-corrected chi connectivity index (χ0v) is 11.6. The summed E-state index contributed by atoms with van der Waals surface area (Å²) in [4.78, 5) is 11.4. The van der Waals surface area contributed by atoms with Gasteiger partial charge >= 0.3 is 0 Å². The Morgan fingerprint density at radius 1 is 1.28 bits per heavy atom. The summed E-state index contributed by atoms with van der Waals surface area (Å²) in [6.45, 7) is 3.80. The van der Waals surface area contributed by atoms with Crippen LogP contribution in [0.15, 0.2) is 12.2 Å². The number of carbonyl (C=O) groups excluding carboxylic acids is 1. The first-order valence-electron chi connectivity index (χ1n) is 6.90. The lowest BCUT2D eigenvalue weighted by Crippen LogP contribution is -2.45. The van der Waals surface area contributed by atoms with Gasteiger partial charge in [-0.3, -0.25) is 4.79 Å². The van der Waals surface area contributed by atoms with Gasteiger partial charge in [0.05, 0.1) is 18.8 Å². The van der Waals surface area contributed by atoms with Gasteiger partial charge in [-0.25, -0.2) is 0 Å². The first-order chi connectivity index (χ1) is 8.65. The Bertz CT molecular complexity index is 241. The first-order valence-corrected chi connectivity index (χ1v) is 6.90. The second kappa shape index (κ2) is 11.2. The molecule has 0 saturated carbocycles. The molecule has 0 saturated heterocycles. The number of aliphatic hydroxyl groups is 2. The highest BCUT2D eigenvalue weighted by molar-refractivity contribution is 5.76. The first kappa shape index (κ1) is 17.1. The van der Waals surface area contributed by atoms with E-state index in [2.05, 4.69) is 12.2 Å². The van der Waals surface area contributed by atoms with Gasteiger partial charge < -0.3 is 15.5 Å². The molecule has 0 aliphatic rings. The van der Waals surface area contributed by atoms with Gasteiger partial charge in [0.2, 0.25) is 5.91 Å². The standard InChI is InChI=1S/C14H27NO3/c1-3-5-6-7-8-10-13(17)12(11-16)15-14(18)9-4-2/h8,10,12-13,16-17H,3-7,9,11H2,1-2H3,(H,15,18)/t12-,13+/m0/s1. The summed E-state index contributed by atoms with van der Waals surface area (Å²) in [7, 11) is 0. The molecule has 1 amide bonds. The van der Waals surface area contributed by atoms with Gasteiger partial charge in [-0.1, -0.05) is 38.8 Å². The van der Waals surface area contributed by atoms with Crippen molar-refractivity contribution in [1.29, 1.82) is 0 Å². The molecule has 18 heavy (non-hydrogen) atoms. The highest BCUT2D eigenvalue weighted by Crippen LogP contribution is 2.02. The van der Waals surface area contributed by atoms with Gasteiger partial charge in [0.25, 0.3) is 0 Å². The van der Waals surface area contributed by atoms with E-state index >= 15 is 0 Å². The van der Waals surface area contributed by atoms with Crippen LogP contribution in [0.1, 0.15) is 52.4 Å². The molecule has 0 bridgehead atoms. The molecule has 0 aromatic carbocycles. The molecule has 2 atom stereocenters. The quantitative estimate of drug-likeness (QED) is 0.412. The topological polar surface area (TPSA) is 69.6 Å². The van der Waals surface area contributed by atoms with Crippen LogP contribution < -0.4 is 5.32 Å². The normalized spacial score (nSPS) is 14.7. The third-order valence-electron chi connectivity index (χ3n) is 2.74. The molecule has 0 heterocycles. The molecule has 0 aromatic heterocycles. The number of amides is 1. The Kier molecular flexibility index (Phi) is 10.7. The average molecular weight is 257 g/mol. The Balaban J connectivity index is 4.01. The molecule has 0 aromatic rings. The van der Waals surface area contributed by atoms with Crippen molar-refractivity contribution in [2.24, 2.45) is 0 Å². The second-order valence-electron chi connectivity index (χ2n) is 4.52. The zero-order chi connectivity index (χ0) is 13.8. The van der Waals surface area contributed by atoms with E-state index in [0.717, 1.165) is 19.3 Å². The molecule has 0 aliphatic heterocycles.